The zero-order chi connectivity index (χ0) is 29.7. The van der Waals surface area contributed by atoms with Crippen LogP contribution in [0, 0.1) is 12.8 Å². The van der Waals surface area contributed by atoms with Crippen LogP contribution < -0.4 is 16.0 Å². The van der Waals surface area contributed by atoms with Crippen LogP contribution in [0.2, 0.25) is 0 Å². The number of carbonyl (C=O) groups excluding carboxylic acids is 4. The maximum Gasteiger partial charge on any atom is 0.696 e. The van der Waals surface area contributed by atoms with E-state index in [0.717, 1.165) is 19.3 Å². The molecule has 0 spiro atoms. The Morgan fingerprint density at radius 2 is 1.85 bits per heavy atom. The van der Waals surface area contributed by atoms with Crippen LogP contribution in [0.25, 0.3) is 11.3 Å². The Morgan fingerprint density at radius 1 is 1.10 bits per heavy atom. The third-order valence-corrected chi connectivity index (χ3v) is 6.64. The van der Waals surface area contributed by atoms with Crippen molar-refractivity contribution in [2.24, 2.45) is 5.92 Å². The number of furan rings is 1. The quantitative estimate of drug-likeness (QED) is 0.0468. The molecule has 0 saturated carbocycles. The van der Waals surface area contributed by atoms with E-state index in [1.54, 1.807) is 38.1 Å². The van der Waals surface area contributed by atoms with Crippen LogP contribution in [0.4, 0.5) is 0 Å². The average molecular weight is 580 g/mol. The lowest BCUT2D eigenvalue weighted by molar-refractivity contribution is -0.168. The molecular formula is C26H36N4O9P+. The predicted octanol–water partition coefficient (Wildman–Crippen LogP) is 3.23. The van der Waals surface area contributed by atoms with Crippen molar-refractivity contribution in [1.82, 2.24) is 21.0 Å². The number of rotatable bonds is 17. The molecule has 1 heterocycles. The third-order valence-electron chi connectivity index (χ3n) is 6.29. The lowest BCUT2D eigenvalue weighted by atomic mass is 9.90. The van der Waals surface area contributed by atoms with E-state index in [-0.39, 0.29) is 24.7 Å². The van der Waals surface area contributed by atoms with Crippen LogP contribution >= 0.6 is 8.25 Å². The second-order valence-electron chi connectivity index (χ2n) is 9.00. The van der Waals surface area contributed by atoms with Crippen LogP contribution in [0.15, 0.2) is 34.7 Å². The first-order valence-corrected chi connectivity index (χ1v) is 14.0. The van der Waals surface area contributed by atoms with Gasteiger partial charge in [0, 0.05) is 15.7 Å². The fraction of sp³-hybridized carbons (Fsp3) is 0.462. The van der Waals surface area contributed by atoms with E-state index in [0.29, 0.717) is 40.4 Å². The molecule has 4 amide bonds. The molecular weight excluding hydrogens is 543 g/mol. The fourth-order valence-corrected chi connectivity index (χ4v) is 4.39. The summed E-state index contributed by atoms with van der Waals surface area (Å²) in [5, 5.41) is 18.0. The highest BCUT2D eigenvalue weighted by Gasteiger charge is 2.30. The van der Waals surface area contributed by atoms with E-state index in [9.17, 15) is 29.0 Å². The molecule has 0 aliphatic carbocycles. The van der Waals surface area contributed by atoms with Gasteiger partial charge in [-0.1, -0.05) is 43.7 Å². The molecule has 3 atom stereocenters. The van der Waals surface area contributed by atoms with E-state index in [4.69, 9.17) is 9.31 Å². The standard InChI is InChI=1S/C26H35N4O9P/c1-4-6-7-8-20(21(5-2)30(35)16-31)25(33)27-14-28-26(34)23-12-11-22(39-23)18-9-10-19(17(3)13-18)24(32)29-15-38-40(36)37/h9-13,16,20-21,35H,4-8,14-15H2,1-3H3,(H3-,27,28,29,32,33,34,36,37)/p+1. The summed E-state index contributed by atoms with van der Waals surface area (Å²) in [4.78, 5) is 57.4. The minimum Gasteiger partial charge on any atom is -0.451 e. The Morgan fingerprint density at radius 3 is 2.48 bits per heavy atom. The van der Waals surface area contributed by atoms with Crippen LogP contribution in [0.5, 0.6) is 0 Å². The average Bonchev–Trinajstić information content (AvgIpc) is 3.42. The molecule has 0 saturated heterocycles. The monoisotopic (exact) mass is 579 g/mol. The van der Waals surface area contributed by atoms with E-state index >= 15 is 0 Å². The highest BCUT2D eigenvalue weighted by molar-refractivity contribution is 7.32. The number of unbranched alkanes of at least 4 members (excludes halogenated alkanes) is 2. The topological polar surface area (TPSA) is 188 Å². The summed E-state index contributed by atoms with van der Waals surface area (Å²) < 4.78 is 20.7. The van der Waals surface area contributed by atoms with Gasteiger partial charge in [0.2, 0.25) is 12.3 Å². The molecule has 1 aromatic carbocycles. The number of benzene rings is 1. The summed E-state index contributed by atoms with van der Waals surface area (Å²) in [7, 11) is -2.82. The minimum atomic E-state index is -2.82. The van der Waals surface area contributed by atoms with E-state index < -0.39 is 38.8 Å². The van der Waals surface area contributed by atoms with Gasteiger partial charge in [-0.25, -0.2) is 5.06 Å². The van der Waals surface area contributed by atoms with Gasteiger partial charge in [0.05, 0.1) is 18.6 Å². The first-order valence-electron chi connectivity index (χ1n) is 12.9. The lowest BCUT2D eigenvalue weighted by Crippen LogP contribution is -2.47. The molecule has 13 nitrogen and oxygen atoms in total. The molecule has 0 aliphatic heterocycles. The Hall–Kier alpha value is -3.64. The van der Waals surface area contributed by atoms with Crippen molar-refractivity contribution in [2.45, 2.75) is 58.9 Å². The molecule has 1 aromatic heterocycles. The van der Waals surface area contributed by atoms with Crippen molar-refractivity contribution < 1.29 is 42.8 Å². The van der Waals surface area contributed by atoms with Gasteiger partial charge in [0.1, 0.15) is 5.76 Å². The number of amides is 4. The molecule has 0 aliphatic rings. The Balaban J connectivity index is 1.98. The molecule has 2 aromatic rings. The van der Waals surface area contributed by atoms with Crippen molar-refractivity contribution in [1.29, 1.82) is 0 Å². The first-order chi connectivity index (χ1) is 19.1. The molecule has 0 bridgehead atoms. The van der Waals surface area contributed by atoms with Gasteiger partial charge in [-0.3, -0.25) is 24.4 Å². The van der Waals surface area contributed by atoms with Gasteiger partial charge in [-0.05, 0) is 49.6 Å². The summed E-state index contributed by atoms with van der Waals surface area (Å²) in [5.74, 6) is -1.69. The van der Waals surface area contributed by atoms with Gasteiger partial charge < -0.3 is 20.4 Å². The summed E-state index contributed by atoms with van der Waals surface area (Å²) >= 11 is 0. The van der Waals surface area contributed by atoms with E-state index in [1.807, 2.05) is 6.92 Å². The Labute approximate surface area is 233 Å². The lowest BCUT2D eigenvalue weighted by Gasteiger charge is -2.29. The Kier molecular flexibility index (Phi) is 13.4. The number of aryl methyl sites for hydroxylation is 1. The summed E-state index contributed by atoms with van der Waals surface area (Å²) in [6.45, 7) is 4.91. The van der Waals surface area contributed by atoms with Crippen LogP contribution in [-0.2, 0) is 18.7 Å². The van der Waals surface area contributed by atoms with Crippen molar-refractivity contribution in [3.63, 3.8) is 0 Å². The predicted molar refractivity (Wildman–Crippen MR) is 144 cm³/mol. The minimum absolute atomic E-state index is 0.00686. The van der Waals surface area contributed by atoms with Gasteiger partial charge in [0.15, 0.2) is 12.5 Å². The van der Waals surface area contributed by atoms with Crippen molar-refractivity contribution >= 4 is 32.4 Å². The Bertz CT molecular complexity index is 1190. The van der Waals surface area contributed by atoms with Crippen molar-refractivity contribution in [3.05, 3.63) is 47.2 Å². The maximum atomic E-state index is 12.9. The van der Waals surface area contributed by atoms with E-state index in [1.165, 1.54) is 6.07 Å². The number of nitrogens with one attached hydrogen (secondary N) is 3. The molecule has 5 N–H and O–H groups in total. The third kappa shape index (κ3) is 9.53. The number of hydrogen-bond acceptors (Lipinski definition) is 8. The maximum absolute atomic E-state index is 12.9. The molecule has 40 heavy (non-hydrogen) atoms. The smallest absolute Gasteiger partial charge is 0.451 e. The van der Waals surface area contributed by atoms with Crippen molar-refractivity contribution in [3.8, 4) is 11.3 Å². The number of hydroxylamine groups is 2. The second kappa shape index (κ2) is 16.5. The van der Waals surface area contributed by atoms with Crippen LogP contribution in [-0.4, -0.2) is 58.7 Å². The largest absolute Gasteiger partial charge is 0.696 e. The molecule has 218 valence electrons. The molecule has 0 radical (unpaired) electrons. The van der Waals surface area contributed by atoms with Gasteiger partial charge in [-0.2, -0.15) is 0 Å². The molecule has 3 unspecified atom stereocenters. The molecule has 0 fully saturated rings. The second-order valence-corrected chi connectivity index (χ2v) is 9.73. The molecule has 2 rings (SSSR count). The first kappa shape index (κ1) is 32.6. The highest BCUT2D eigenvalue weighted by atomic mass is 31.1. The number of carbonyl (C=O) groups is 4. The van der Waals surface area contributed by atoms with E-state index in [2.05, 4.69) is 20.5 Å². The summed E-state index contributed by atoms with van der Waals surface area (Å²) in [6.07, 6.45) is 3.76. The van der Waals surface area contributed by atoms with Crippen LogP contribution in [0.1, 0.15) is 72.4 Å². The highest BCUT2D eigenvalue weighted by Crippen LogP contribution is 2.25. The van der Waals surface area contributed by atoms with Gasteiger partial charge in [-0.15, -0.1) is 4.89 Å². The molecule has 14 heteroatoms. The van der Waals surface area contributed by atoms with Gasteiger partial charge in [0.25, 0.3) is 11.8 Å². The number of nitrogens with zero attached hydrogens (tertiary/aromatic N) is 1. The fourth-order valence-electron chi connectivity index (χ4n) is 4.21. The van der Waals surface area contributed by atoms with Gasteiger partial charge >= 0.3 is 8.25 Å². The SMILES string of the molecule is CCCCCC(C(=O)NCNC(=O)c1ccc(-c2ccc(C(=O)NCO[P+](=O)O)c(C)c2)o1)C(CC)N(O)C=O. The normalized spacial score (nSPS) is 12.7. The van der Waals surface area contributed by atoms with Crippen LogP contribution in [0.3, 0.4) is 0 Å². The van der Waals surface area contributed by atoms with Crippen molar-refractivity contribution in [2.75, 3.05) is 13.4 Å². The zero-order valence-corrected chi connectivity index (χ0v) is 23.6. The summed E-state index contributed by atoms with van der Waals surface area (Å²) in [6, 6.07) is 7.26. The number of hydrogen-bond donors (Lipinski definition) is 5. The summed E-state index contributed by atoms with van der Waals surface area (Å²) in [5.41, 5.74) is 1.54. The zero-order valence-electron chi connectivity index (χ0n) is 22.7.